The van der Waals surface area contributed by atoms with Gasteiger partial charge in [-0.3, -0.25) is 4.79 Å². The van der Waals surface area contributed by atoms with Crippen molar-refractivity contribution in [3.63, 3.8) is 0 Å². The maximum atomic E-state index is 12.0. The van der Waals surface area contributed by atoms with Crippen LogP contribution in [0.25, 0.3) is 0 Å². The molecule has 0 bridgehead atoms. The van der Waals surface area contributed by atoms with Gasteiger partial charge in [0.15, 0.2) is 0 Å². The Labute approximate surface area is 177 Å². The van der Waals surface area contributed by atoms with Crippen LogP contribution in [-0.2, 0) is 9.53 Å². The van der Waals surface area contributed by atoms with Crippen LogP contribution in [0.1, 0.15) is 149 Å². The molecule has 0 amide bonds. The molecule has 0 saturated carbocycles. The first-order valence-corrected chi connectivity index (χ1v) is 12.9. The minimum atomic E-state index is 0.0388. The van der Waals surface area contributed by atoms with Crippen LogP contribution in [0.2, 0.25) is 0 Å². The molecule has 1 atom stereocenters. The van der Waals surface area contributed by atoms with E-state index in [4.69, 9.17) is 4.74 Å². The van der Waals surface area contributed by atoms with Gasteiger partial charge in [-0.15, -0.1) is 0 Å². The molecule has 28 heavy (non-hydrogen) atoms. The quantitative estimate of drug-likeness (QED) is 0.135. The van der Waals surface area contributed by atoms with Crippen molar-refractivity contribution in [2.75, 3.05) is 6.61 Å². The van der Waals surface area contributed by atoms with E-state index in [-0.39, 0.29) is 11.9 Å². The maximum absolute atomic E-state index is 12.0. The summed E-state index contributed by atoms with van der Waals surface area (Å²) in [5.74, 6) is 0.184. The highest BCUT2D eigenvalue weighted by molar-refractivity contribution is 5.72. The minimum Gasteiger partial charge on any atom is -0.466 e. The van der Waals surface area contributed by atoms with Crippen LogP contribution in [0.4, 0.5) is 0 Å². The lowest BCUT2D eigenvalue weighted by atomic mass is 9.95. The Kier molecular flexibility index (Phi) is 22.3. The number of esters is 1. The number of rotatable bonds is 22. The van der Waals surface area contributed by atoms with Gasteiger partial charge in [0.1, 0.15) is 0 Å². The highest BCUT2D eigenvalue weighted by Gasteiger charge is 2.18. The standard InChI is InChI=1S/C26H52O2/c1-4-7-9-10-11-12-13-14-15-16-17-18-19-20-21-22-24-25(23-8-5-2)26(27)28-6-3/h25H,4-24H2,1-3H3. The fourth-order valence-corrected chi connectivity index (χ4v) is 4.03. The Hall–Kier alpha value is -0.530. The van der Waals surface area contributed by atoms with Gasteiger partial charge in [0.2, 0.25) is 0 Å². The van der Waals surface area contributed by atoms with E-state index < -0.39 is 0 Å². The molecular weight excluding hydrogens is 344 g/mol. The SMILES string of the molecule is CCCCCCCCCCCCCCCCCCC(CCCC)C(=O)OCC. The van der Waals surface area contributed by atoms with Gasteiger partial charge in [0, 0.05) is 0 Å². The zero-order valence-corrected chi connectivity index (χ0v) is 19.7. The van der Waals surface area contributed by atoms with Crippen molar-refractivity contribution >= 4 is 5.97 Å². The smallest absolute Gasteiger partial charge is 0.308 e. The van der Waals surface area contributed by atoms with Crippen molar-refractivity contribution in [2.24, 2.45) is 5.92 Å². The molecule has 2 nitrogen and oxygen atoms in total. The van der Waals surface area contributed by atoms with Crippen LogP contribution < -0.4 is 0 Å². The third-order valence-corrected chi connectivity index (χ3v) is 5.93. The normalized spacial score (nSPS) is 12.2. The van der Waals surface area contributed by atoms with Gasteiger partial charge in [-0.05, 0) is 19.8 Å². The number of hydrogen-bond acceptors (Lipinski definition) is 2. The molecule has 0 aliphatic carbocycles. The highest BCUT2D eigenvalue weighted by atomic mass is 16.5. The van der Waals surface area contributed by atoms with Crippen LogP contribution in [0, 0.1) is 5.92 Å². The van der Waals surface area contributed by atoms with E-state index in [0.717, 1.165) is 25.7 Å². The van der Waals surface area contributed by atoms with Crippen LogP contribution in [0.5, 0.6) is 0 Å². The number of unbranched alkanes of at least 4 members (excludes halogenated alkanes) is 16. The summed E-state index contributed by atoms with van der Waals surface area (Å²) in [6, 6.07) is 0. The van der Waals surface area contributed by atoms with Crippen LogP contribution in [-0.4, -0.2) is 12.6 Å². The number of carbonyl (C=O) groups excluding carboxylic acids is 1. The molecule has 0 heterocycles. The minimum absolute atomic E-state index is 0.0388. The predicted molar refractivity (Wildman–Crippen MR) is 124 cm³/mol. The molecule has 0 aliphatic heterocycles. The first-order chi connectivity index (χ1) is 13.8. The number of carbonyl (C=O) groups is 1. The Morgan fingerprint density at radius 3 is 1.29 bits per heavy atom. The third kappa shape index (κ3) is 18.8. The molecule has 0 aromatic rings. The largest absolute Gasteiger partial charge is 0.466 e. The Morgan fingerprint density at radius 2 is 0.893 bits per heavy atom. The number of ether oxygens (including phenoxy) is 1. The molecule has 0 N–H and O–H groups in total. The lowest BCUT2D eigenvalue weighted by molar-refractivity contribution is -0.148. The van der Waals surface area contributed by atoms with Crippen molar-refractivity contribution in [2.45, 2.75) is 149 Å². The van der Waals surface area contributed by atoms with E-state index in [2.05, 4.69) is 13.8 Å². The fraction of sp³-hybridized carbons (Fsp3) is 0.962. The lowest BCUT2D eigenvalue weighted by Crippen LogP contribution is -2.17. The van der Waals surface area contributed by atoms with E-state index in [1.165, 1.54) is 103 Å². The molecular formula is C26H52O2. The molecule has 0 radical (unpaired) electrons. The molecule has 0 fully saturated rings. The van der Waals surface area contributed by atoms with Crippen molar-refractivity contribution in [3.05, 3.63) is 0 Å². The molecule has 2 heteroatoms. The lowest BCUT2D eigenvalue weighted by Gasteiger charge is -2.15. The molecule has 168 valence electrons. The van der Waals surface area contributed by atoms with Gasteiger partial charge >= 0.3 is 5.97 Å². The van der Waals surface area contributed by atoms with Gasteiger partial charge in [-0.1, -0.05) is 129 Å². The van der Waals surface area contributed by atoms with Gasteiger partial charge < -0.3 is 4.74 Å². The highest BCUT2D eigenvalue weighted by Crippen LogP contribution is 2.20. The fourth-order valence-electron chi connectivity index (χ4n) is 4.03. The second kappa shape index (κ2) is 22.8. The molecule has 0 aliphatic rings. The molecule has 0 aromatic heterocycles. The summed E-state index contributed by atoms with van der Waals surface area (Å²) in [4.78, 5) is 12.0. The van der Waals surface area contributed by atoms with Crippen molar-refractivity contribution in [1.29, 1.82) is 0 Å². The van der Waals surface area contributed by atoms with Crippen LogP contribution in [0.15, 0.2) is 0 Å². The summed E-state index contributed by atoms with van der Waals surface area (Å²) >= 11 is 0. The van der Waals surface area contributed by atoms with Crippen molar-refractivity contribution in [1.82, 2.24) is 0 Å². The summed E-state index contributed by atoms with van der Waals surface area (Å²) < 4.78 is 5.24. The maximum Gasteiger partial charge on any atom is 0.308 e. The topological polar surface area (TPSA) is 26.3 Å². The van der Waals surface area contributed by atoms with Gasteiger partial charge in [-0.2, -0.15) is 0 Å². The summed E-state index contributed by atoms with van der Waals surface area (Å²) in [6.07, 6.45) is 26.7. The Bertz CT molecular complexity index is 314. The first-order valence-electron chi connectivity index (χ1n) is 12.9. The molecule has 0 aromatic carbocycles. The second-order valence-electron chi connectivity index (χ2n) is 8.68. The van der Waals surface area contributed by atoms with Gasteiger partial charge in [0.25, 0.3) is 0 Å². The molecule has 1 unspecified atom stereocenters. The van der Waals surface area contributed by atoms with Crippen LogP contribution in [0.3, 0.4) is 0 Å². The van der Waals surface area contributed by atoms with E-state index in [0.29, 0.717) is 6.61 Å². The van der Waals surface area contributed by atoms with Crippen LogP contribution >= 0.6 is 0 Å². The average molecular weight is 397 g/mol. The zero-order chi connectivity index (χ0) is 20.7. The zero-order valence-electron chi connectivity index (χ0n) is 19.7. The first kappa shape index (κ1) is 27.5. The molecule has 0 spiro atoms. The number of hydrogen-bond donors (Lipinski definition) is 0. The van der Waals surface area contributed by atoms with E-state index in [1.54, 1.807) is 0 Å². The third-order valence-electron chi connectivity index (χ3n) is 5.93. The average Bonchev–Trinajstić information content (AvgIpc) is 2.70. The summed E-state index contributed by atoms with van der Waals surface area (Å²) in [5.41, 5.74) is 0. The van der Waals surface area contributed by atoms with Crippen molar-refractivity contribution in [3.8, 4) is 0 Å². The van der Waals surface area contributed by atoms with E-state index in [9.17, 15) is 4.79 Å². The summed E-state index contributed by atoms with van der Waals surface area (Å²) in [7, 11) is 0. The van der Waals surface area contributed by atoms with E-state index >= 15 is 0 Å². The Morgan fingerprint density at radius 1 is 0.536 bits per heavy atom. The predicted octanol–water partition coefficient (Wildman–Crippen LogP) is 9.01. The Balaban J connectivity index is 3.38. The summed E-state index contributed by atoms with van der Waals surface area (Å²) in [5, 5.41) is 0. The monoisotopic (exact) mass is 396 g/mol. The van der Waals surface area contributed by atoms with E-state index in [1.807, 2.05) is 6.92 Å². The van der Waals surface area contributed by atoms with Gasteiger partial charge in [-0.25, -0.2) is 0 Å². The second-order valence-corrected chi connectivity index (χ2v) is 8.68. The van der Waals surface area contributed by atoms with Crippen molar-refractivity contribution < 1.29 is 9.53 Å². The van der Waals surface area contributed by atoms with Gasteiger partial charge in [0.05, 0.1) is 12.5 Å². The molecule has 0 rings (SSSR count). The molecule has 0 saturated heterocycles. The summed E-state index contributed by atoms with van der Waals surface area (Å²) in [6.45, 7) is 6.90.